The Hall–Kier alpha value is 0.780. The van der Waals surface area contributed by atoms with Gasteiger partial charge in [-0.2, -0.15) is 0 Å². The second kappa shape index (κ2) is 6.64. The van der Waals surface area contributed by atoms with Crippen LogP contribution < -0.4 is 9.44 Å². The fourth-order valence-corrected chi connectivity index (χ4v) is 4.24. The van der Waals surface area contributed by atoms with Crippen LogP contribution in [0.3, 0.4) is 0 Å². The Bertz CT molecular complexity index is 368. The summed E-state index contributed by atoms with van der Waals surface area (Å²) in [5.74, 6) is 0. The van der Waals surface area contributed by atoms with Crippen molar-refractivity contribution >= 4 is 51.9 Å². The molecule has 0 aromatic heterocycles. The minimum Gasteiger partial charge on any atom is -0.213 e. The molecule has 0 radical (unpaired) electrons. The molecule has 0 saturated heterocycles. The van der Waals surface area contributed by atoms with Crippen molar-refractivity contribution in [3.8, 4) is 0 Å². The SMILES string of the molecule is CS(=O)(=O)NC(CBr)C(CBr)NS(C)(=O)=O. The van der Waals surface area contributed by atoms with E-state index in [1.807, 2.05) is 0 Å². The summed E-state index contributed by atoms with van der Waals surface area (Å²) in [6.45, 7) is 0. The van der Waals surface area contributed by atoms with Crippen LogP contribution in [0.1, 0.15) is 0 Å². The van der Waals surface area contributed by atoms with Crippen LogP contribution in [0.15, 0.2) is 0 Å². The monoisotopic (exact) mass is 400 g/mol. The van der Waals surface area contributed by atoms with Crippen LogP contribution in [0.5, 0.6) is 0 Å². The smallest absolute Gasteiger partial charge is 0.209 e. The number of halogens is 2. The lowest BCUT2D eigenvalue weighted by molar-refractivity contribution is 0.502. The summed E-state index contributed by atoms with van der Waals surface area (Å²) in [6, 6.07) is -1.10. The molecule has 0 bridgehead atoms. The molecule has 98 valence electrons. The van der Waals surface area contributed by atoms with E-state index in [-0.39, 0.29) is 0 Å². The van der Waals surface area contributed by atoms with E-state index in [2.05, 4.69) is 41.3 Å². The van der Waals surface area contributed by atoms with Crippen molar-refractivity contribution in [2.24, 2.45) is 0 Å². The van der Waals surface area contributed by atoms with Crippen molar-refractivity contribution in [2.75, 3.05) is 23.2 Å². The average Bonchev–Trinajstić information content (AvgIpc) is 2.07. The summed E-state index contributed by atoms with van der Waals surface area (Å²) < 4.78 is 48.9. The molecule has 6 nitrogen and oxygen atoms in total. The van der Waals surface area contributed by atoms with Crippen LogP contribution in [0.25, 0.3) is 0 Å². The first-order valence-electron chi connectivity index (χ1n) is 4.15. The van der Waals surface area contributed by atoms with E-state index < -0.39 is 32.1 Å². The molecule has 10 heteroatoms. The second-order valence-corrected chi connectivity index (χ2v) is 8.16. The standard InChI is InChI=1S/C6H14Br2N2O4S2/c1-15(11,12)9-5(3-7)6(4-8)10-16(2,13)14/h5-6,9-10H,3-4H2,1-2H3. The van der Waals surface area contributed by atoms with Gasteiger partial charge in [0.15, 0.2) is 0 Å². The maximum Gasteiger partial charge on any atom is 0.209 e. The van der Waals surface area contributed by atoms with Crippen molar-refractivity contribution in [2.45, 2.75) is 12.1 Å². The third kappa shape index (κ3) is 7.96. The van der Waals surface area contributed by atoms with Crippen LogP contribution >= 0.6 is 31.9 Å². The van der Waals surface area contributed by atoms with Crippen molar-refractivity contribution in [3.63, 3.8) is 0 Å². The molecule has 0 aliphatic carbocycles. The molecule has 0 aliphatic heterocycles. The Balaban J connectivity index is 4.77. The Labute approximate surface area is 113 Å². The first-order chi connectivity index (χ1) is 7.09. The van der Waals surface area contributed by atoms with Crippen molar-refractivity contribution in [1.82, 2.24) is 9.44 Å². The first-order valence-corrected chi connectivity index (χ1v) is 10.2. The van der Waals surface area contributed by atoms with Gasteiger partial charge in [-0.25, -0.2) is 26.3 Å². The minimum absolute atomic E-state index is 0.304. The molecule has 0 rings (SSSR count). The zero-order chi connectivity index (χ0) is 13.0. The van der Waals surface area contributed by atoms with Gasteiger partial charge in [-0.05, 0) is 0 Å². The predicted octanol–water partition coefficient (Wildman–Crippen LogP) is -0.388. The van der Waals surface area contributed by atoms with Crippen LogP contribution in [-0.4, -0.2) is 52.1 Å². The molecule has 0 spiro atoms. The van der Waals surface area contributed by atoms with Crippen LogP contribution in [0, 0.1) is 0 Å². The van der Waals surface area contributed by atoms with E-state index in [1.54, 1.807) is 0 Å². The number of hydrogen-bond acceptors (Lipinski definition) is 4. The van der Waals surface area contributed by atoms with Gasteiger partial charge in [-0.15, -0.1) is 0 Å². The summed E-state index contributed by atoms with van der Waals surface area (Å²) >= 11 is 6.27. The van der Waals surface area contributed by atoms with Crippen molar-refractivity contribution < 1.29 is 16.8 Å². The molecule has 0 fully saturated rings. The Kier molecular flexibility index (Phi) is 6.97. The molecule has 2 unspecified atom stereocenters. The van der Waals surface area contributed by atoms with Crippen molar-refractivity contribution in [3.05, 3.63) is 0 Å². The zero-order valence-corrected chi connectivity index (χ0v) is 13.6. The van der Waals surface area contributed by atoms with E-state index in [1.165, 1.54) is 0 Å². The van der Waals surface area contributed by atoms with Gasteiger partial charge >= 0.3 is 0 Å². The van der Waals surface area contributed by atoms with Crippen LogP contribution in [-0.2, 0) is 20.0 Å². The van der Waals surface area contributed by atoms with Gasteiger partial charge in [0, 0.05) is 22.7 Å². The number of sulfonamides is 2. The summed E-state index contributed by atoms with van der Waals surface area (Å²) in [5, 5.41) is 0.609. The third-order valence-electron chi connectivity index (χ3n) is 1.55. The number of alkyl halides is 2. The molecule has 16 heavy (non-hydrogen) atoms. The van der Waals surface area contributed by atoms with Gasteiger partial charge in [-0.3, -0.25) is 0 Å². The summed E-state index contributed by atoms with van der Waals surface area (Å²) in [4.78, 5) is 0. The highest BCUT2D eigenvalue weighted by atomic mass is 79.9. The summed E-state index contributed by atoms with van der Waals surface area (Å²) in [7, 11) is -6.76. The molecule has 0 aromatic carbocycles. The highest BCUT2D eigenvalue weighted by Gasteiger charge is 2.25. The molecule has 0 heterocycles. The largest absolute Gasteiger partial charge is 0.213 e. The molecule has 2 N–H and O–H groups in total. The maximum atomic E-state index is 11.1. The van der Waals surface area contributed by atoms with E-state index in [0.29, 0.717) is 10.7 Å². The number of nitrogens with one attached hydrogen (secondary N) is 2. The van der Waals surface area contributed by atoms with Gasteiger partial charge in [0.25, 0.3) is 0 Å². The zero-order valence-electron chi connectivity index (χ0n) is 8.77. The van der Waals surface area contributed by atoms with E-state index in [9.17, 15) is 16.8 Å². The second-order valence-electron chi connectivity index (χ2n) is 3.30. The lowest BCUT2D eigenvalue weighted by Crippen LogP contribution is -2.53. The summed E-state index contributed by atoms with van der Waals surface area (Å²) in [5.41, 5.74) is 0. The Morgan fingerprint density at radius 1 is 0.875 bits per heavy atom. The topological polar surface area (TPSA) is 92.3 Å². The first kappa shape index (κ1) is 16.8. The third-order valence-corrected chi connectivity index (χ3v) is 4.41. The normalized spacial score (nSPS) is 17.0. The highest BCUT2D eigenvalue weighted by molar-refractivity contribution is 9.09. The Morgan fingerprint density at radius 2 is 1.12 bits per heavy atom. The maximum absolute atomic E-state index is 11.1. The fraction of sp³-hybridized carbons (Fsp3) is 1.00. The molecule has 0 amide bonds. The van der Waals surface area contributed by atoms with E-state index >= 15 is 0 Å². The van der Waals surface area contributed by atoms with Crippen LogP contribution in [0.4, 0.5) is 0 Å². The highest BCUT2D eigenvalue weighted by Crippen LogP contribution is 2.05. The van der Waals surface area contributed by atoms with Crippen LogP contribution in [0.2, 0.25) is 0 Å². The molecule has 2 atom stereocenters. The lowest BCUT2D eigenvalue weighted by Gasteiger charge is -2.24. The molecule has 0 aliphatic rings. The summed E-state index contributed by atoms with van der Waals surface area (Å²) in [6.07, 6.45) is 2.04. The van der Waals surface area contributed by atoms with Gasteiger partial charge in [-0.1, -0.05) is 31.9 Å². The van der Waals surface area contributed by atoms with Gasteiger partial charge in [0.05, 0.1) is 12.5 Å². The molecule has 0 saturated carbocycles. The van der Waals surface area contributed by atoms with Gasteiger partial charge < -0.3 is 0 Å². The fourth-order valence-electron chi connectivity index (χ4n) is 0.992. The number of rotatable bonds is 7. The van der Waals surface area contributed by atoms with E-state index in [0.717, 1.165) is 12.5 Å². The number of hydrogen-bond donors (Lipinski definition) is 2. The Morgan fingerprint density at radius 3 is 1.25 bits per heavy atom. The van der Waals surface area contributed by atoms with Gasteiger partial charge in [0.1, 0.15) is 0 Å². The minimum atomic E-state index is -3.38. The molecular weight excluding hydrogens is 388 g/mol. The quantitative estimate of drug-likeness (QED) is 0.568. The average molecular weight is 402 g/mol. The lowest BCUT2D eigenvalue weighted by atomic mass is 10.2. The molecular formula is C6H14Br2N2O4S2. The van der Waals surface area contributed by atoms with Crippen molar-refractivity contribution in [1.29, 1.82) is 0 Å². The van der Waals surface area contributed by atoms with E-state index in [4.69, 9.17) is 0 Å². The molecule has 0 aromatic rings. The predicted molar refractivity (Wildman–Crippen MR) is 71.1 cm³/mol. The van der Waals surface area contributed by atoms with Gasteiger partial charge in [0.2, 0.25) is 20.0 Å².